The second-order valence-electron chi connectivity index (χ2n) is 2.66. The van der Waals surface area contributed by atoms with Crippen LogP contribution in [0.3, 0.4) is 0 Å². The predicted molar refractivity (Wildman–Crippen MR) is 53.3 cm³/mol. The van der Waals surface area contributed by atoms with Gasteiger partial charge in [0.2, 0.25) is 0 Å². The SMILES string of the molecule is C=CC(NN)c1cccc(OC)c1. The molecule has 13 heavy (non-hydrogen) atoms. The van der Waals surface area contributed by atoms with Crippen molar-refractivity contribution in [2.75, 3.05) is 7.11 Å². The number of hydrogen-bond acceptors (Lipinski definition) is 3. The number of hydrogen-bond donors (Lipinski definition) is 2. The Morgan fingerprint density at radius 2 is 2.38 bits per heavy atom. The van der Waals surface area contributed by atoms with Gasteiger partial charge in [0.25, 0.3) is 0 Å². The lowest BCUT2D eigenvalue weighted by atomic mass is 10.1. The van der Waals surface area contributed by atoms with Crippen molar-refractivity contribution in [2.45, 2.75) is 6.04 Å². The third kappa shape index (κ3) is 2.31. The molecule has 0 fully saturated rings. The third-order valence-electron chi connectivity index (χ3n) is 1.87. The van der Waals surface area contributed by atoms with Crippen molar-refractivity contribution < 1.29 is 4.74 Å². The average Bonchev–Trinajstić information content (AvgIpc) is 2.20. The van der Waals surface area contributed by atoms with Crippen molar-refractivity contribution >= 4 is 0 Å². The van der Waals surface area contributed by atoms with E-state index in [1.54, 1.807) is 13.2 Å². The molecule has 0 spiro atoms. The number of methoxy groups -OCH3 is 1. The summed E-state index contributed by atoms with van der Waals surface area (Å²) in [7, 11) is 1.64. The highest BCUT2D eigenvalue weighted by molar-refractivity contribution is 5.32. The molecule has 0 bridgehead atoms. The van der Waals surface area contributed by atoms with E-state index in [4.69, 9.17) is 10.6 Å². The summed E-state index contributed by atoms with van der Waals surface area (Å²) in [5.41, 5.74) is 3.68. The van der Waals surface area contributed by atoms with Crippen LogP contribution in [0.15, 0.2) is 36.9 Å². The second-order valence-corrected chi connectivity index (χ2v) is 2.66. The number of hydrazine groups is 1. The van der Waals surface area contributed by atoms with Crippen LogP contribution in [0.4, 0.5) is 0 Å². The highest BCUT2D eigenvalue weighted by atomic mass is 16.5. The van der Waals surface area contributed by atoms with Gasteiger partial charge in [0.1, 0.15) is 5.75 Å². The van der Waals surface area contributed by atoms with Gasteiger partial charge in [-0.05, 0) is 17.7 Å². The first kappa shape index (κ1) is 9.77. The van der Waals surface area contributed by atoms with Crippen LogP contribution < -0.4 is 16.0 Å². The van der Waals surface area contributed by atoms with Gasteiger partial charge in [-0.2, -0.15) is 0 Å². The first-order valence-electron chi connectivity index (χ1n) is 4.04. The summed E-state index contributed by atoms with van der Waals surface area (Å²) in [4.78, 5) is 0. The van der Waals surface area contributed by atoms with Crippen LogP contribution in [-0.4, -0.2) is 7.11 Å². The summed E-state index contributed by atoms with van der Waals surface area (Å²) in [6.45, 7) is 3.68. The molecule has 70 valence electrons. The van der Waals surface area contributed by atoms with E-state index < -0.39 is 0 Å². The normalized spacial score (nSPS) is 12.2. The van der Waals surface area contributed by atoms with Crippen molar-refractivity contribution in [1.82, 2.24) is 5.43 Å². The molecule has 1 aromatic rings. The Kier molecular flexibility index (Phi) is 3.49. The minimum Gasteiger partial charge on any atom is -0.497 e. The van der Waals surface area contributed by atoms with Crippen molar-refractivity contribution in [3.63, 3.8) is 0 Å². The van der Waals surface area contributed by atoms with Gasteiger partial charge in [-0.15, -0.1) is 6.58 Å². The van der Waals surface area contributed by atoms with Crippen molar-refractivity contribution in [2.24, 2.45) is 5.84 Å². The van der Waals surface area contributed by atoms with Crippen LogP contribution in [0.2, 0.25) is 0 Å². The van der Waals surface area contributed by atoms with Crippen LogP contribution >= 0.6 is 0 Å². The van der Waals surface area contributed by atoms with Gasteiger partial charge >= 0.3 is 0 Å². The summed E-state index contributed by atoms with van der Waals surface area (Å²) < 4.78 is 5.09. The second kappa shape index (κ2) is 4.64. The van der Waals surface area contributed by atoms with E-state index in [2.05, 4.69) is 12.0 Å². The Morgan fingerprint density at radius 3 is 2.92 bits per heavy atom. The molecule has 0 aliphatic rings. The molecule has 0 aliphatic heterocycles. The van der Waals surface area contributed by atoms with Crippen LogP contribution in [-0.2, 0) is 0 Å². The van der Waals surface area contributed by atoms with Gasteiger partial charge < -0.3 is 4.74 Å². The Bertz CT molecular complexity index is 286. The maximum Gasteiger partial charge on any atom is 0.119 e. The zero-order valence-corrected chi connectivity index (χ0v) is 7.66. The van der Waals surface area contributed by atoms with E-state index >= 15 is 0 Å². The molecule has 1 rings (SSSR count). The lowest BCUT2D eigenvalue weighted by Crippen LogP contribution is -2.26. The summed E-state index contributed by atoms with van der Waals surface area (Å²) in [6, 6.07) is 7.67. The zero-order chi connectivity index (χ0) is 9.68. The summed E-state index contributed by atoms with van der Waals surface area (Å²) in [5.74, 6) is 6.16. The van der Waals surface area contributed by atoms with Gasteiger partial charge in [0, 0.05) is 0 Å². The first-order valence-corrected chi connectivity index (χ1v) is 4.04. The molecule has 1 unspecified atom stereocenters. The molecule has 3 N–H and O–H groups in total. The lowest BCUT2D eigenvalue weighted by Gasteiger charge is -2.11. The van der Waals surface area contributed by atoms with Crippen molar-refractivity contribution in [3.8, 4) is 5.75 Å². The van der Waals surface area contributed by atoms with E-state index in [1.165, 1.54) is 0 Å². The van der Waals surface area contributed by atoms with E-state index in [0.29, 0.717) is 0 Å². The number of ether oxygens (including phenoxy) is 1. The van der Waals surface area contributed by atoms with Gasteiger partial charge in [-0.1, -0.05) is 18.2 Å². The molecular weight excluding hydrogens is 164 g/mol. The number of rotatable bonds is 4. The monoisotopic (exact) mass is 178 g/mol. The standard InChI is InChI=1S/C10H14N2O/c1-3-10(12-11)8-5-4-6-9(7-8)13-2/h3-7,10,12H,1,11H2,2H3. The van der Waals surface area contributed by atoms with E-state index in [1.807, 2.05) is 24.3 Å². The van der Waals surface area contributed by atoms with Crippen LogP contribution in [0.1, 0.15) is 11.6 Å². The number of benzene rings is 1. The van der Waals surface area contributed by atoms with E-state index in [9.17, 15) is 0 Å². The van der Waals surface area contributed by atoms with Gasteiger partial charge in [-0.25, -0.2) is 5.43 Å². The number of nitrogens with one attached hydrogen (secondary N) is 1. The molecular formula is C10H14N2O. The predicted octanol–water partition coefficient (Wildman–Crippen LogP) is 1.39. The quantitative estimate of drug-likeness (QED) is 0.416. The molecule has 0 radical (unpaired) electrons. The fourth-order valence-electron chi connectivity index (χ4n) is 1.14. The third-order valence-corrected chi connectivity index (χ3v) is 1.87. The lowest BCUT2D eigenvalue weighted by molar-refractivity contribution is 0.413. The molecule has 0 saturated carbocycles. The largest absolute Gasteiger partial charge is 0.497 e. The van der Waals surface area contributed by atoms with Crippen molar-refractivity contribution in [1.29, 1.82) is 0 Å². The molecule has 0 aliphatic carbocycles. The van der Waals surface area contributed by atoms with Gasteiger partial charge in [-0.3, -0.25) is 5.84 Å². The van der Waals surface area contributed by atoms with Crippen molar-refractivity contribution in [3.05, 3.63) is 42.5 Å². The topological polar surface area (TPSA) is 47.3 Å². The number of nitrogens with two attached hydrogens (primary N) is 1. The minimum atomic E-state index is -0.0323. The van der Waals surface area contributed by atoms with E-state index in [-0.39, 0.29) is 6.04 Å². The molecule has 0 aromatic heterocycles. The zero-order valence-electron chi connectivity index (χ0n) is 7.66. The van der Waals surface area contributed by atoms with Gasteiger partial charge in [0.05, 0.1) is 13.2 Å². The fourth-order valence-corrected chi connectivity index (χ4v) is 1.14. The first-order chi connectivity index (χ1) is 6.31. The molecule has 1 aromatic carbocycles. The Balaban J connectivity index is 2.92. The summed E-state index contributed by atoms with van der Waals surface area (Å²) in [5, 5.41) is 0. The Labute approximate surface area is 78.2 Å². The van der Waals surface area contributed by atoms with Crippen LogP contribution in [0, 0.1) is 0 Å². The maximum absolute atomic E-state index is 5.34. The maximum atomic E-state index is 5.34. The fraction of sp³-hybridized carbons (Fsp3) is 0.200. The molecule has 3 nitrogen and oxygen atoms in total. The summed E-state index contributed by atoms with van der Waals surface area (Å²) >= 11 is 0. The van der Waals surface area contributed by atoms with Crippen LogP contribution in [0.5, 0.6) is 5.75 Å². The molecule has 0 saturated heterocycles. The average molecular weight is 178 g/mol. The smallest absolute Gasteiger partial charge is 0.119 e. The Hall–Kier alpha value is -1.32. The molecule has 0 heterocycles. The van der Waals surface area contributed by atoms with Crippen LogP contribution in [0.25, 0.3) is 0 Å². The highest BCUT2D eigenvalue weighted by Gasteiger charge is 2.04. The van der Waals surface area contributed by atoms with Gasteiger partial charge in [0.15, 0.2) is 0 Å². The Morgan fingerprint density at radius 1 is 1.62 bits per heavy atom. The highest BCUT2D eigenvalue weighted by Crippen LogP contribution is 2.18. The minimum absolute atomic E-state index is 0.0323. The summed E-state index contributed by atoms with van der Waals surface area (Å²) in [6.07, 6.45) is 1.74. The molecule has 1 atom stereocenters. The molecule has 0 amide bonds. The van der Waals surface area contributed by atoms with E-state index in [0.717, 1.165) is 11.3 Å². The molecule has 3 heteroatoms.